The van der Waals surface area contributed by atoms with E-state index in [2.05, 4.69) is 0 Å². The molecule has 0 aliphatic heterocycles. The maximum atomic E-state index is 12.1. The van der Waals surface area contributed by atoms with E-state index in [1.165, 1.54) is 7.11 Å². The number of methoxy groups -OCH3 is 1. The largest absolute Gasteiger partial charge is 0.481 e. The van der Waals surface area contributed by atoms with Gasteiger partial charge >= 0.3 is 11.9 Å². The maximum Gasteiger partial charge on any atom is 0.311 e. The number of carbonyl (C=O) groups excluding carboxylic acids is 1. The Hall–Kier alpha value is -0.910. The average molecular weight is 391 g/mol. The summed E-state index contributed by atoms with van der Waals surface area (Å²) in [6.45, 7) is 9.29. The highest BCUT2D eigenvalue weighted by molar-refractivity contribution is 7.84. The van der Waals surface area contributed by atoms with Gasteiger partial charge in [-0.15, -0.1) is 0 Å². The number of esters is 1. The van der Waals surface area contributed by atoms with E-state index in [0.717, 1.165) is 44.9 Å². The van der Waals surface area contributed by atoms with Gasteiger partial charge in [0.05, 0.1) is 17.9 Å². The molecule has 154 valence electrons. The van der Waals surface area contributed by atoms with Crippen molar-refractivity contribution in [1.29, 1.82) is 0 Å². The van der Waals surface area contributed by atoms with Crippen LogP contribution in [0.2, 0.25) is 0 Å². The number of rotatable bonds is 14. The third-order valence-corrected chi connectivity index (χ3v) is 6.94. The van der Waals surface area contributed by atoms with Crippen molar-refractivity contribution in [3.8, 4) is 0 Å². The van der Waals surface area contributed by atoms with Gasteiger partial charge in [-0.3, -0.25) is 13.8 Å². The van der Waals surface area contributed by atoms with Crippen LogP contribution in [-0.2, 0) is 25.1 Å². The topological polar surface area (TPSA) is 80.7 Å². The Morgan fingerprint density at radius 2 is 1.54 bits per heavy atom. The van der Waals surface area contributed by atoms with Crippen LogP contribution in [0.5, 0.6) is 0 Å². The van der Waals surface area contributed by atoms with E-state index >= 15 is 0 Å². The first-order valence-corrected chi connectivity index (χ1v) is 11.1. The second kappa shape index (κ2) is 11.7. The maximum absolute atomic E-state index is 12.1. The molecule has 5 nitrogen and oxygen atoms in total. The first kappa shape index (κ1) is 25.1. The molecule has 0 aromatic rings. The number of hydrogen-bond donors (Lipinski definition) is 1. The average Bonchev–Trinajstić information content (AvgIpc) is 2.56. The zero-order valence-corrected chi connectivity index (χ0v) is 18.2. The van der Waals surface area contributed by atoms with Gasteiger partial charge in [0.2, 0.25) is 0 Å². The molecule has 6 heteroatoms. The molecule has 0 amide bonds. The highest BCUT2D eigenvalue weighted by Crippen LogP contribution is 2.30. The quantitative estimate of drug-likeness (QED) is 0.351. The van der Waals surface area contributed by atoms with E-state index in [4.69, 9.17) is 4.74 Å². The molecule has 0 heterocycles. The normalized spacial score (nSPS) is 14.7. The molecular weight excluding hydrogens is 352 g/mol. The molecule has 1 N–H and O–H groups in total. The van der Waals surface area contributed by atoms with E-state index in [1.54, 1.807) is 13.8 Å². The summed E-state index contributed by atoms with van der Waals surface area (Å²) in [5.41, 5.74) is -1.16. The van der Waals surface area contributed by atoms with Gasteiger partial charge in [0.15, 0.2) is 0 Å². The van der Waals surface area contributed by atoms with Gasteiger partial charge < -0.3 is 9.84 Å². The molecule has 0 aromatic heterocycles. The summed E-state index contributed by atoms with van der Waals surface area (Å²) in [6.07, 6.45) is 6.23. The van der Waals surface area contributed by atoms with Gasteiger partial charge in [-0.2, -0.15) is 0 Å². The van der Waals surface area contributed by atoms with Crippen LogP contribution in [0.15, 0.2) is 0 Å². The lowest BCUT2D eigenvalue weighted by Crippen LogP contribution is -2.31. The fourth-order valence-electron chi connectivity index (χ4n) is 2.77. The second-order valence-corrected chi connectivity index (χ2v) is 10.2. The fraction of sp³-hybridized carbons (Fsp3) is 0.900. The lowest BCUT2D eigenvalue weighted by atomic mass is 9.77. The molecule has 0 spiro atoms. The summed E-state index contributed by atoms with van der Waals surface area (Å²) in [7, 11) is 0.606. The molecule has 0 radical (unpaired) electrons. The van der Waals surface area contributed by atoms with Gasteiger partial charge in [0, 0.05) is 22.3 Å². The highest BCUT2D eigenvalue weighted by Gasteiger charge is 2.33. The minimum atomic E-state index is -0.808. The Morgan fingerprint density at radius 1 is 1.00 bits per heavy atom. The van der Waals surface area contributed by atoms with E-state index in [1.807, 2.05) is 20.8 Å². The van der Waals surface area contributed by atoms with Crippen molar-refractivity contribution in [2.45, 2.75) is 79.6 Å². The minimum absolute atomic E-state index is 0.103. The summed E-state index contributed by atoms with van der Waals surface area (Å²) in [5.74, 6) is 0.555. The van der Waals surface area contributed by atoms with Gasteiger partial charge in [-0.05, 0) is 59.3 Å². The van der Waals surface area contributed by atoms with Crippen LogP contribution in [-0.4, -0.2) is 39.9 Å². The summed E-state index contributed by atoms with van der Waals surface area (Å²) >= 11 is 0. The van der Waals surface area contributed by atoms with Gasteiger partial charge in [-0.1, -0.05) is 26.2 Å². The predicted molar refractivity (Wildman–Crippen MR) is 107 cm³/mol. The van der Waals surface area contributed by atoms with Crippen molar-refractivity contribution in [3.63, 3.8) is 0 Å². The van der Waals surface area contributed by atoms with Crippen LogP contribution >= 0.6 is 0 Å². The van der Waals surface area contributed by atoms with Gasteiger partial charge in [0.1, 0.15) is 0 Å². The minimum Gasteiger partial charge on any atom is -0.481 e. The highest BCUT2D eigenvalue weighted by atomic mass is 32.2. The molecule has 2 atom stereocenters. The van der Waals surface area contributed by atoms with Crippen LogP contribution < -0.4 is 0 Å². The van der Waals surface area contributed by atoms with E-state index in [9.17, 15) is 18.9 Å². The third kappa shape index (κ3) is 9.15. The Kier molecular flexibility index (Phi) is 11.3. The Balaban J connectivity index is 3.82. The first-order chi connectivity index (χ1) is 11.9. The van der Waals surface area contributed by atoms with Crippen LogP contribution in [0.3, 0.4) is 0 Å². The fourth-order valence-corrected chi connectivity index (χ4v) is 4.03. The summed E-state index contributed by atoms with van der Waals surface area (Å²) in [6, 6.07) is 0. The van der Waals surface area contributed by atoms with Crippen molar-refractivity contribution in [3.05, 3.63) is 0 Å². The Bertz CT molecular complexity index is 471. The summed E-state index contributed by atoms with van der Waals surface area (Å²) in [4.78, 5) is 22.8. The number of hydrogen-bond acceptors (Lipinski definition) is 4. The van der Waals surface area contributed by atoms with Gasteiger partial charge in [-0.25, -0.2) is 0 Å². The van der Waals surface area contributed by atoms with Crippen LogP contribution in [0.1, 0.15) is 79.6 Å². The summed E-state index contributed by atoms with van der Waals surface area (Å²) in [5, 5.41) is 9.22. The van der Waals surface area contributed by atoms with E-state index < -0.39 is 27.6 Å². The summed E-state index contributed by atoms with van der Waals surface area (Å²) < 4.78 is 16.8. The third-order valence-electron chi connectivity index (χ3n) is 5.45. The number of ether oxygens (including phenoxy) is 1. The van der Waals surface area contributed by atoms with Crippen molar-refractivity contribution in [2.75, 3.05) is 18.6 Å². The van der Waals surface area contributed by atoms with Crippen LogP contribution in [0.4, 0.5) is 0 Å². The van der Waals surface area contributed by atoms with E-state index in [-0.39, 0.29) is 11.9 Å². The van der Waals surface area contributed by atoms with Crippen molar-refractivity contribution < 1.29 is 23.6 Å². The molecular formula is C20H38O5S. The number of carbonyl (C=O) groups is 2. The standard InChI is InChI=1S/C20H38O5S/c1-16(20(4,5)17(21)22)12-8-11-15-26(24)14-10-7-9-13-19(2,3)18(23)25-6/h16H,7-15H2,1-6H3,(H,21,22). The molecule has 0 aliphatic carbocycles. The SMILES string of the molecule is COC(=O)C(C)(C)CCCCCS(=O)CCCCC(C)C(C)(C)C(=O)O. The molecule has 0 rings (SSSR count). The van der Waals surface area contributed by atoms with Crippen molar-refractivity contribution in [1.82, 2.24) is 0 Å². The number of aliphatic carboxylic acids is 1. The van der Waals surface area contributed by atoms with Crippen molar-refractivity contribution >= 4 is 22.7 Å². The predicted octanol–water partition coefficient (Wildman–Crippen LogP) is 4.41. The van der Waals surface area contributed by atoms with Gasteiger partial charge in [0.25, 0.3) is 0 Å². The number of carboxylic acids is 1. The smallest absolute Gasteiger partial charge is 0.311 e. The van der Waals surface area contributed by atoms with Crippen molar-refractivity contribution in [2.24, 2.45) is 16.7 Å². The van der Waals surface area contributed by atoms with E-state index in [0.29, 0.717) is 11.5 Å². The molecule has 0 aliphatic rings. The number of unbranched alkanes of at least 4 members (excludes halogenated alkanes) is 3. The molecule has 0 saturated heterocycles. The van der Waals surface area contributed by atoms with Crippen LogP contribution in [0, 0.1) is 16.7 Å². The molecule has 26 heavy (non-hydrogen) atoms. The molecule has 0 aromatic carbocycles. The lowest BCUT2D eigenvalue weighted by Gasteiger charge is -2.27. The Morgan fingerprint density at radius 3 is 2.04 bits per heavy atom. The second-order valence-electron chi connectivity index (χ2n) is 8.46. The Labute approximate surface area is 161 Å². The molecule has 0 fully saturated rings. The first-order valence-electron chi connectivity index (χ1n) is 9.62. The number of carboxylic acid groups (broad SMARTS) is 1. The molecule has 0 saturated carbocycles. The molecule has 2 unspecified atom stereocenters. The zero-order chi connectivity index (χ0) is 20.4. The monoisotopic (exact) mass is 390 g/mol. The zero-order valence-electron chi connectivity index (χ0n) is 17.4. The van der Waals surface area contributed by atoms with Crippen LogP contribution in [0.25, 0.3) is 0 Å². The molecule has 0 bridgehead atoms. The lowest BCUT2D eigenvalue weighted by molar-refractivity contribution is -0.151.